The van der Waals surface area contributed by atoms with Gasteiger partial charge in [-0.2, -0.15) is 0 Å². The van der Waals surface area contributed by atoms with Gasteiger partial charge in [0.2, 0.25) is 0 Å². The topological polar surface area (TPSA) is 83.7 Å². The van der Waals surface area contributed by atoms with Crippen molar-refractivity contribution in [3.05, 3.63) is 74.8 Å². The number of benzene rings is 2. The summed E-state index contributed by atoms with van der Waals surface area (Å²) in [6.07, 6.45) is 0. The minimum absolute atomic E-state index is 0.0669. The Bertz CT molecular complexity index is 706. The second-order valence-corrected chi connectivity index (χ2v) is 5.29. The number of aliphatic hydroxyl groups excluding tert-OH is 1. The predicted octanol–water partition coefficient (Wildman–Crippen LogP) is 2.88. The summed E-state index contributed by atoms with van der Waals surface area (Å²) in [5.41, 5.74) is 0.460. The Hall–Kier alpha value is -2.44. The highest BCUT2D eigenvalue weighted by Gasteiger charge is 2.25. The van der Waals surface area contributed by atoms with E-state index in [1.807, 2.05) is 30.3 Å². The highest BCUT2D eigenvalue weighted by atomic mass is 35.5. The zero-order valence-electron chi connectivity index (χ0n) is 12.2. The molecule has 0 saturated heterocycles. The number of aliphatic hydroxyl groups is 1. The van der Waals surface area contributed by atoms with Crippen LogP contribution in [0.3, 0.4) is 0 Å². The Kier molecular flexibility index (Phi) is 5.67. The molecule has 0 fully saturated rings. The fraction of sp³-hybridized carbons (Fsp3) is 0.188. The third-order valence-corrected chi connectivity index (χ3v) is 3.49. The van der Waals surface area contributed by atoms with E-state index < -0.39 is 10.8 Å². The lowest BCUT2D eigenvalue weighted by Crippen LogP contribution is -2.33. The molecule has 2 aromatic rings. The van der Waals surface area contributed by atoms with Crippen LogP contribution in [-0.2, 0) is 6.54 Å². The summed E-state index contributed by atoms with van der Waals surface area (Å²) in [6.45, 7) is 0.0637. The molecule has 0 aliphatic carbocycles. The number of carbonyl (C=O) groups is 1. The van der Waals surface area contributed by atoms with Gasteiger partial charge in [0.15, 0.2) is 0 Å². The van der Waals surface area contributed by atoms with Crippen molar-refractivity contribution in [2.75, 3.05) is 13.2 Å². The van der Waals surface area contributed by atoms with Crippen LogP contribution in [0, 0.1) is 10.1 Å². The van der Waals surface area contributed by atoms with Crippen LogP contribution in [0.15, 0.2) is 48.5 Å². The molecule has 0 aliphatic rings. The molecule has 0 spiro atoms. The normalized spacial score (nSPS) is 10.3. The molecule has 23 heavy (non-hydrogen) atoms. The van der Waals surface area contributed by atoms with E-state index >= 15 is 0 Å². The molecule has 7 heteroatoms. The Labute approximate surface area is 138 Å². The van der Waals surface area contributed by atoms with Crippen LogP contribution in [0.2, 0.25) is 5.02 Å². The molecule has 0 radical (unpaired) electrons. The number of nitro groups is 1. The predicted molar refractivity (Wildman–Crippen MR) is 86.4 cm³/mol. The number of rotatable bonds is 6. The molecule has 120 valence electrons. The number of nitro benzene ring substituents is 1. The number of hydrogen-bond donors (Lipinski definition) is 1. The van der Waals surface area contributed by atoms with Gasteiger partial charge in [-0.3, -0.25) is 14.9 Å². The molecule has 0 heterocycles. The summed E-state index contributed by atoms with van der Waals surface area (Å²) < 4.78 is 0. The SMILES string of the molecule is O=C(c1cc(Cl)ccc1[N+](=O)[O-])N(CCO)Cc1ccccc1. The Morgan fingerprint density at radius 3 is 2.52 bits per heavy atom. The van der Waals surface area contributed by atoms with Gasteiger partial charge in [-0.25, -0.2) is 0 Å². The van der Waals surface area contributed by atoms with Gasteiger partial charge in [0.05, 0.1) is 11.5 Å². The molecule has 1 N–H and O–H groups in total. The van der Waals surface area contributed by atoms with Crippen molar-refractivity contribution in [3.8, 4) is 0 Å². The number of nitrogens with zero attached hydrogens (tertiary/aromatic N) is 2. The highest BCUT2D eigenvalue weighted by molar-refractivity contribution is 6.31. The molecule has 1 amide bonds. The van der Waals surface area contributed by atoms with Gasteiger partial charge in [0.1, 0.15) is 5.56 Å². The molecule has 0 unspecified atom stereocenters. The smallest absolute Gasteiger partial charge is 0.282 e. The first kappa shape index (κ1) is 16.9. The third-order valence-electron chi connectivity index (χ3n) is 3.26. The maximum Gasteiger partial charge on any atom is 0.282 e. The average Bonchev–Trinajstić information content (AvgIpc) is 2.54. The van der Waals surface area contributed by atoms with Crippen LogP contribution in [0.5, 0.6) is 0 Å². The van der Waals surface area contributed by atoms with Crippen molar-refractivity contribution in [1.29, 1.82) is 0 Å². The Balaban J connectivity index is 2.34. The molecule has 0 bridgehead atoms. The maximum atomic E-state index is 12.7. The second kappa shape index (κ2) is 7.71. The van der Waals surface area contributed by atoms with Crippen LogP contribution in [0.25, 0.3) is 0 Å². The van der Waals surface area contributed by atoms with E-state index in [-0.39, 0.29) is 36.0 Å². The van der Waals surface area contributed by atoms with Gasteiger partial charge in [-0.1, -0.05) is 41.9 Å². The molecule has 6 nitrogen and oxygen atoms in total. The summed E-state index contributed by atoms with van der Waals surface area (Å²) in [5, 5.41) is 20.5. The van der Waals surface area contributed by atoms with Crippen molar-refractivity contribution in [3.63, 3.8) is 0 Å². The quantitative estimate of drug-likeness (QED) is 0.650. The summed E-state index contributed by atoms with van der Waals surface area (Å²) in [6, 6.07) is 13.0. The van der Waals surface area contributed by atoms with Crippen LogP contribution in [-0.4, -0.2) is 34.0 Å². The van der Waals surface area contributed by atoms with Gasteiger partial charge in [0.25, 0.3) is 11.6 Å². The second-order valence-electron chi connectivity index (χ2n) is 4.85. The lowest BCUT2D eigenvalue weighted by molar-refractivity contribution is -0.385. The minimum atomic E-state index is -0.622. The Morgan fingerprint density at radius 1 is 1.22 bits per heavy atom. The third kappa shape index (κ3) is 4.28. The minimum Gasteiger partial charge on any atom is -0.395 e. The fourth-order valence-electron chi connectivity index (χ4n) is 2.19. The van der Waals surface area contributed by atoms with Crippen molar-refractivity contribution in [2.24, 2.45) is 0 Å². The van der Waals surface area contributed by atoms with Gasteiger partial charge in [-0.05, 0) is 17.7 Å². The fourth-order valence-corrected chi connectivity index (χ4v) is 2.36. The van der Waals surface area contributed by atoms with E-state index in [0.717, 1.165) is 5.56 Å². The number of hydrogen-bond acceptors (Lipinski definition) is 4. The zero-order chi connectivity index (χ0) is 16.8. The van der Waals surface area contributed by atoms with Crippen LogP contribution in [0.4, 0.5) is 5.69 Å². The van der Waals surface area contributed by atoms with Crippen LogP contribution >= 0.6 is 11.6 Å². The average molecular weight is 335 g/mol. The van der Waals surface area contributed by atoms with Crippen molar-refractivity contribution >= 4 is 23.2 Å². The monoisotopic (exact) mass is 334 g/mol. The lowest BCUT2D eigenvalue weighted by Gasteiger charge is -2.22. The first-order valence-corrected chi connectivity index (χ1v) is 7.28. The van der Waals surface area contributed by atoms with Gasteiger partial charge >= 0.3 is 0 Å². The number of halogens is 1. The summed E-state index contributed by atoms with van der Waals surface area (Å²) in [5.74, 6) is -0.544. The van der Waals surface area contributed by atoms with Gasteiger partial charge in [0, 0.05) is 24.2 Å². The van der Waals surface area contributed by atoms with Crippen molar-refractivity contribution in [2.45, 2.75) is 6.54 Å². The number of carbonyl (C=O) groups excluding carboxylic acids is 1. The summed E-state index contributed by atoms with van der Waals surface area (Å²) >= 11 is 5.86. The molecule has 0 aromatic heterocycles. The first-order chi connectivity index (χ1) is 11.0. The van der Waals surface area contributed by atoms with E-state index in [1.165, 1.54) is 23.1 Å². The summed E-state index contributed by atoms with van der Waals surface area (Å²) in [4.78, 5) is 24.5. The first-order valence-electron chi connectivity index (χ1n) is 6.91. The standard InChI is InChI=1S/C16H15ClN2O4/c17-13-6-7-15(19(22)23)14(10-13)16(21)18(8-9-20)11-12-4-2-1-3-5-12/h1-7,10,20H,8-9,11H2. The zero-order valence-corrected chi connectivity index (χ0v) is 12.9. The van der Waals surface area contributed by atoms with E-state index in [9.17, 15) is 20.0 Å². The molecular weight excluding hydrogens is 320 g/mol. The molecule has 2 aromatic carbocycles. The van der Waals surface area contributed by atoms with Gasteiger partial charge < -0.3 is 10.0 Å². The van der Waals surface area contributed by atoms with E-state index in [2.05, 4.69) is 0 Å². The van der Waals surface area contributed by atoms with Crippen LogP contribution in [0.1, 0.15) is 15.9 Å². The Morgan fingerprint density at radius 2 is 1.91 bits per heavy atom. The van der Waals surface area contributed by atoms with Crippen molar-refractivity contribution in [1.82, 2.24) is 4.90 Å². The molecule has 0 saturated carbocycles. The van der Waals surface area contributed by atoms with E-state index in [4.69, 9.17) is 11.6 Å². The largest absolute Gasteiger partial charge is 0.395 e. The number of amides is 1. The molecule has 0 atom stereocenters. The van der Waals surface area contributed by atoms with Crippen molar-refractivity contribution < 1.29 is 14.8 Å². The molecule has 0 aliphatic heterocycles. The molecule has 2 rings (SSSR count). The van der Waals surface area contributed by atoms with Gasteiger partial charge in [-0.15, -0.1) is 0 Å². The van der Waals surface area contributed by atoms with Crippen LogP contribution < -0.4 is 0 Å². The lowest BCUT2D eigenvalue weighted by atomic mass is 10.1. The highest BCUT2D eigenvalue weighted by Crippen LogP contribution is 2.24. The maximum absolute atomic E-state index is 12.7. The molecular formula is C16H15ClN2O4. The van der Waals surface area contributed by atoms with E-state index in [1.54, 1.807) is 0 Å². The van der Waals surface area contributed by atoms with E-state index in [0.29, 0.717) is 0 Å². The summed E-state index contributed by atoms with van der Waals surface area (Å²) in [7, 11) is 0.